The van der Waals surface area contributed by atoms with Crippen LogP contribution in [0.5, 0.6) is 0 Å². The van der Waals surface area contributed by atoms with Gasteiger partial charge in [-0.25, -0.2) is 0 Å². The van der Waals surface area contributed by atoms with Crippen molar-refractivity contribution < 1.29 is 9.90 Å². The van der Waals surface area contributed by atoms with Gasteiger partial charge >= 0.3 is 0 Å². The summed E-state index contributed by atoms with van der Waals surface area (Å²) in [5.74, 6) is 0.0658. The van der Waals surface area contributed by atoms with E-state index in [4.69, 9.17) is 11.6 Å². The van der Waals surface area contributed by atoms with Crippen molar-refractivity contribution in [2.45, 2.75) is 45.1 Å². The largest absolute Gasteiger partial charge is 0.396 e. The Morgan fingerprint density at radius 1 is 1.68 bits per heavy atom. The van der Waals surface area contributed by atoms with Gasteiger partial charge in [0.25, 0.3) is 0 Å². The lowest BCUT2D eigenvalue weighted by molar-refractivity contribution is -0.122. The zero-order valence-corrected chi connectivity index (χ0v) is 12.7. The molecule has 0 bridgehead atoms. The summed E-state index contributed by atoms with van der Waals surface area (Å²) in [5.41, 5.74) is -0.151. The van der Waals surface area contributed by atoms with Crippen LogP contribution >= 0.6 is 22.9 Å². The number of rotatable bonds is 5. The van der Waals surface area contributed by atoms with E-state index in [1.807, 2.05) is 18.4 Å². The van der Waals surface area contributed by atoms with Gasteiger partial charge in [0, 0.05) is 28.1 Å². The molecule has 5 heteroatoms. The lowest BCUT2D eigenvalue weighted by atomic mass is 9.86. The van der Waals surface area contributed by atoms with Crippen LogP contribution in [-0.4, -0.2) is 23.7 Å². The van der Waals surface area contributed by atoms with Crippen molar-refractivity contribution in [2.24, 2.45) is 5.41 Å². The van der Waals surface area contributed by atoms with Crippen LogP contribution in [0.3, 0.4) is 0 Å². The van der Waals surface area contributed by atoms with E-state index in [9.17, 15) is 9.90 Å². The van der Waals surface area contributed by atoms with Crippen molar-refractivity contribution in [3.63, 3.8) is 0 Å². The van der Waals surface area contributed by atoms with E-state index in [0.717, 1.165) is 35.6 Å². The summed E-state index contributed by atoms with van der Waals surface area (Å²) in [7, 11) is 0. The lowest BCUT2D eigenvalue weighted by Gasteiger charge is -2.30. The maximum atomic E-state index is 12.0. The van der Waals surface area contributed by atoms with Crippen molar-refractivity contribution in [1.29, 1.82) is 0 Å². The molecule has 1 amide bonds. The van der Waals surface area contributed by atoms with Gasteiger partial charge in [-0.05, 0) is 25.3 Å². The number of carbonyl (C=O) groups is 1. The Labute approximate surface area is 123 Å². The van der Waals surface area contributed by atoms with E-state index in [1.165, 1.54) is 0 Å². The zero-order valence-electron chi connectivity index (χ0n) is 11.1. The van der Waals surface area contributed by atoms with Gasteiger partial charge in [-0.15, -0.1) is 11.3 Å². The standard InChI is InChI=1S/C14H20ClNO2S/c1-14(9-17)6-2-3-12(14)16-13(18)5-4-11-7-10(15)8-19-11/h7-8,12,17H,2-6,9H2,1H3,(H,16,18). The molecule has 0 aliphatic heterocycles. The maximum absolute atomic E-state index is 12.0. The van der Waals surface area contributed by atoms with Gasteiger partial charge in [0.1, 0.15) is 0 Å². The SMILES string of the molecule is CC1(CO)CCCC1NC(=O)CCc1cc(Cl)cs1. The van der Waals surface area contributed by atoms with Crippen LogP contribution in [0.15, 0.2) is 11.4 Å². The molecule has 1 heterocycles. The second-order valence-corrected chi connectivity index (χ2v) is 6.99. The maximum Gasteiger partial charge on any atom is 0.220 e. The summed E-state index contributed by atoms with van der Waals surface area (Å²) < 4.78 is 0. The third-order valence-electron chi connectivity index (χ3n) is 4.00. The van der Waals surface area contributed by atoms with Gasteiger partial charge in [-0.3, -0.25) is 4.79 Å². The minimum atomic E-state index is -0.151. The fourth-order valence-electron chi connectivity index (χ4n) is 2.66. The Kier molecular flexibility index (Phi) is 4.87. The number of thiophene rings is 1. The molecule has 2 rings (SSSR count). The molecule has 1 aromatic rings. The van der Waals surface area contributed by atoms with Crippen LogP contribution in [0.4, 0.5) is 0 Å². The fraction of sp³-hybridized carbons (Fsp3) is 0.643. The molecule has 0 spiro atoms. The molecule has 0 saturated heterocycles. The third-order valence-corrected chi connectivity index (χ3v) is 5.34. The number of nitrogens with one attached hydrogen (secondary N) is 1. The van der Waals surface area contributed by atoms with Gasteiger partial charge < -0.3 is 10.4 Å². The first-order valence-corrected chi connectivity index (χ1v) is 7.92. The van der Waals surface area contributed by atoms with Crippen molar-refractivity contribution in [2.75, 3.05) is 6.61 Å². The Balaban J connectivity index is 1.81. The van der Waals surface area contributed by atoms with Gasteiger partial charge in [0.15, 0.2) is 0 Å². The highest BCUT2D eigenvalue weighted by molar-refractivity contribution is 7.10. The quantitative estimate of drug-likeness (QED) is 0.878. The summed E-state index contributed by atoms with van der Waals surface area (Å²) in [6, 6.07) is 2.02. The molecule has 2 atom stereocenters. The number of halogens is 1. The summed E-state index contributed by atoms with van der Waals surface area (Å²) in [5, 5.41) is 15.1. The topological polar surface area (TPSA) is 49.3 Å². The van der Waals surface area contributed by atoms with Crippen LogP contribution in [-0.2, 0) is 11.2 Å². The molecule has 2 N–H and O–H groups in total. The Morgan fingerprint density at radius 3 is 3.11 bits per heavy atom. The van der Waals surface area contributed by atoms with E-state index in [-0.39, 0.29) is 24.0 Å². The van der Waals surface area contributed by atoms with Gasteiger partial charge in [0.05, 0.1) is 11.6 Å². The molecule has 1 aromatic heterocycles. The van der Waals surface area contributed by atoms with Crippen LogP contribution in [0.25, 0.3) is 0 Å². The summed E-state index contributed by atoms with van der Waals surface area (Å²) in [6.07, 6.45) is 4.23. The molecular weight excluding hydrogens is 282 g/mol. The van der Waals surface area contributed by atoms with Crippen LogP contribution in [0.2, 0.25) is 5.02 Å². The first-order valence-electron chi connectivity index (χ1n) is 6.66. The Bertz CT molecular complexity index is 448. The fourth-order valence-corrected chi connectivity index (χ4v) is 3.73. The number of carbonyl (C=O) groups excluding carboxylic acids is 1. The molecule has 106 valence electrons. The summed E-state index contributed by atoms with van der Waals surface area (Å²) in [4.78, 5) is 13.1. The van der Waals surface area contributed by atoms with Crippen LogP contribution < -0.4 is 5.32 Å². The van der Waals surface area contributed by atoms with E-state index in [1.54, 1.807) is 11.3 Å². The van der Waals surface area contributed by atoms with E-state index < -0.39 is 0 Å². The van der Waals surface area contributed by atoms with Gasteiger partial charge in [0.2, 0.25) is 5.91 Å². The molecule has 1 saturated carbocycles. The van der Waals surface area contributed by atoms with Gasteiger partial charge in [-0.1, -0.05) is 24.9 Å². The average molecular weight is 302 g/mol. The van der Waals surface area contributed by atoms with Gasteiger partial charge in [-0.2, -0.15) is 0 Å². The molecule has 1 aliphatic rings. The number of hydrogen-bond donors (Lipinski definition) is 2. The predicted octanol–water partition coefficient (Wildman–Crippen LogP) is 3.00. The second-order valence-electron chi connectivity index (χ2n) is 5.56. The van der Waals surface area contributed by atoms with Crippen LogP contribution in [0.1, 0.15) is 37.5 Å². The number of hydrogen-bond acceptors (Lipinski definition) is 3. The number of aryl methyl sites for hydroxylation is 1. The molecule has 3 nitrogen and oxygen atoms in total. The number of amides is 1. The molecule has 1 aliphatic carbocycles. The molecule has 0 radical (unpaired) electrons. The van der Waals surface area contributed by atoms with Crippen molar-refractivity contribution in [3.8, 4) is 0 Å². The van der Waals surface area contributed by atoms with E-state index >= 15 is 0 Å². The normalized spacial score (nSPS) is 26.6. The van der Waals surface area contributed by atoms with E-state index in [2.05, 4.69) is 5.32 Å². The first-order chi connectivity index (χ1) is 9.03. The number of aliphatic hydroxyl groups excluding tert-OH is 1. The highest BCUT2D eigenvalue weighted by atomic mass is 35.5. The second kappa shape index (κ2) is 6.25. The smallest absolute Gasteiger partial charge is 0.220 e. The predicted molar refractivity (Wildman–Crippen MR) is 78.6 cm³/mol. The van der Waals surface area contributed by atoms with Crippen LogP contribution in [0, 0.1) is 5.41 Å². The molecular formula is C14H20ClNO2S. The minimum absolute atomic E-state index is 0.0658. The lowest BCUT2D eigenvalue weighted by Crippen LogP contribution is -2.44. The zero-order chi connectivity index (χ0) is 13.9. The summed E-state index contributed by atoms with van der Waals surface area (Å²) in [6.45, 7) is 2.18. The first kappa shape index (κ1) is 14.8. The minimum Gasteiger partial charge on any atom is -0.396 e. The monoisotopic (exact) mass is 301 g/mol. The summed E-state index contributed by atoms with van der Waals surface area (Å²) >= 11 is 7.44. The van der Waals surface area contributed by atoms with Crippen molar-refractivity contribution in [1.82, 2.24) is 5.32 Å². The molecule has 0 aromatic carbocycles. The Hall–Kier alpha value is -0.580. The van der Waals surface area contributed by atoms with Crippen molar-refractivity contribution in [3.05, 3.63) is 21.3 Å². The third kappa shape index (κ3) is 3.71. The Morgan fingerprint density at radius 2 is 2.47 bits per heavy atom. The molecule has 19 heavy (non-hydrogen) atoms. The number of aliphatic hydroxyl groups is 1. The molecule has 1 fully saturated rings. The van der Waals surface area contributed by atoms with E-state index in [0.29, 0.717) is 6.42 Å². The van der Waals surface area contributed by atoms with Crippen molar-refractivity contribution >= 4 is 28.8 Å². The highest BCUT2D eigenvalue weighted by Gasteiger charge is 2.38. The molecule has 2 unspecified atom stereocenters. The average Bonchev–Trinajstić information content (AvgIpc) is 2.95. The highest BCUT2D eigenvalue weighted by Crippen LogP contribution is 2.37.